The molecule has 0 radical (unpaired) electrons. The zero-order chi connectivity index (χ0) is 34.3. The number of rotatable bonds is 3. The smallest absolute Gasteiger partial charge is 0.876 e. The summed E-state index contributed by atoms with van der Waals surface area (Å²) in [6.45, 7) is 2.70. The van der Waals surface area contributed by atoms with E-state index in [0.717, 1.165) is 71.9 Å². The van der Waals surface area contributed by atoms with E-state index in [1.165, 1.54) is 38.1 Å². The second-order valence-electron chi connectivity index (χ2n) is 11.3. The molecule has 0 aliphatic carbocycles. The Morgan fingerprint density at radius 2 is 0.920 bits per heavy atom. The second kappa shape index (κ2) is 16.2. The van der Waals surface area contributed by atoms with Crippen molar-refractivity contribution in [3.8, 4) is 22.5 Å². The van der Waals surface area contributed by atoms with Gasteiger partial charge >= 0.3 is 20.1 Å². The predicted molar refractivity (Wildman–Crippen MR) is 191 cm³/mol. The zero-order valence-corrected chi connectivity index (χ0v) is 29.5. The first-order chi connectivity index (χ1) is 23.8. The first kappa shape index (κ1) is 35.7. The summed E-state index contributed by atoms with van der Waals surface area (Å²) in [5.41, 5.74) is 5.15. The summed E-state index contributed by atoms with van der Waals surface area (Å²) in [7, 11) is 0. The molecule has 0 saturated heterocycles. The van der Waals surface area contributed by atoms with E-state index < -0.39 is 0 Å². The van der Waals surface area contributed by atoms with Crippen molar-refractivity contribution in [1.29, 1.82) is 0 Å². The van der Waals surface area contributed by atoms with Crippen molar-refractivity contribution in [3.05, 3.63) is 169 Å². The molecule has 4 nitrogen and oxygen atoms in total. The van der Waals surface area contributed by atoms with Gasteiger partial charge in [-0.15, -0.1) is 65.4 Å². The maximum Gasteiger partial charge on any atom is 3.00 e. The summed E-state index contributed by atoms with van der Waals surface area (Å²) in [6, 6.07) is 47.4. The fourth-order valence-corrected chi connectivity index (χ4v) is 5.61. The minimum Gasteiger partial charge on any atom is -0.876 e. The van der Waals surface area contributed by atoms with Crippen molar-refractivity contribution < 1.29 is 38.8 Å². The summed E-state index contributed by atoms with van der Waals surface area (Å²) in [5, 5.41) is 16.6. The van der Waals surface area contributed by atoms with Crippen LogP contribution in [0.3, 0.4) is 0 Å². The van der Waals surface area contributed by atoms with E-state index in [2.05, 4.69) is 36.4 Å². The largest absolute Gasteiger partial charge is 3.00 e. The minimum atomic E-state index is -0.288. The number of para-hydroxylation sites is 2. The van der Waals surface area contributed by atoms with Crippen LogP contribution in [0.25, 0.3) is 65.9 Å². The molecule has 8 aromatic rings. The molecule has 0 N–H and O–H groups in total. The number of halogens is 2. The molecule has 0 aliphatic rings. The number of carbonyl (C=O) groups is 1. The van der Waals surface area contributed by atoms with Crippen molar-refractivity contribution in [2.24, 2.45) is 0 Å². The quantitative estimate of drug-likeness (QED) is 0.0770. The average molecular weight is 836 g/mol. The van der Waals surface area contributed by atoms with Crippen LogP contribution in [0.4, 0.5) is 8.78 Å². The fourth-order valence-electron chi connectivity index (χ4n) is 5.61. The van der Waals surface area contributed by atoms with Crippen LogP contribution in [0.15, 0.2) is 145 Å². The molecule has 2 aromatic heterocycles. The Hall–Kier alpha value is -5.62. The van der Waals surface area contributed by atoms with E-state index in [1.807, 2.05) is 72.8 Å². The van der Waals surface area contributed by atoms with Gasteiger partial charge < -0.3 is 5.11 Å². The first-order valence-corrected chi connectivity index (χ1v) is 15.5. The van der Waals surface area contributed by atoms with Gasteiger partial charge in [0.2, 0.25) is 0 Å². The molecule has 2 heterocycles. The van der Waals surface area contributed by atoms with Crippen molar-refractivity contribution in [1.82, 2.24) is 9.97 Å². The van der Waals surface area contributed by atoms with Crippen LogP contribution in [0.1, 0.15) is 13.8 Å². The van der Waals surface area contributed by atoms with Crippen LogP contribution < -0.4 is 5.11 Å². The van der Waals surface area contributed by atoms with Crippen molar-refractivity contribution in [3.63, 3.8) is 0 Å². The number of hydrogen-bond donors (Lipinski definition) is 0. The molecule has 50 heavy (non-hydrogen) atoms. The summed E-state index contributed by atoms with van der Waals surface area (Å²) >= 11 is 0. The normalized spacial score (nSPS) is 10.9. The van der Waals surface area contributed by atoms with Crippen LogP contribution in [0, 0.1) is 23.8 Å². The second-order valence-corrected chi connectivity index (χ2v) is 11.3. The predicted octanol–water partition coefficient (Wildman–Crippen LogP) is 9.83. The van der Waals surface area contributed by atoms with E-state index in [0.29, 0.717) is 0 Å². The standard InChI is InChI=1S/2C19H11FN.C5H8O2.Ir/c2*20-14-11-9-13(10-12-14)19-17-7-2-1-5-15(17)16-6-3-4-8-18(16)21-19;1-4(6)3-5(2)7;/h2*1-9,11-12H;3,6H,1-2H3;/q2*-1;;+3/p-1/b;;4-3-;. The van der Waals surface area contributed by atoms with Crippen molar-refractivity contribution in [2.45, 2.75) is 13.8 Å². The summed E-state index contributed by atoms with van der Waals surface area (Å²) in [4.78, 5) is 19.5. The number of fused-ring (bicyclic) bond motifs is 6. The van der Waals surface area contributed by atoms with E-state index in [-0.39, 0.29) is 43.3 Å². The Morgan fingerprint density at radius 3 is 1.24 bits per heavy atom. The molecule has 8 rings (SSSR count). The average Bonchev–Trinajstić information content (AvgIpc) is 3.12. The molecule has 0 spiro atoms. The Bertz CT molecular complexity index is 2300. The topological polar surface area (TPSA) is 65.9 Å². The molecule has 7 heteroatoms. The molecular weight excluding hydrogens is 807 g/mol. The molecule has 6 aromatic carbocycles. The fraction of sp³-hybridized carbons (Fsp3) is 0.0465. The minimum absolute atomic E-state index is 0. The first-order valence-electron chi connectivity index (χ1n) is 15.5. The number of aromatic nitrogens is 2. The number of allylic oxidation sites excluding steroid dienone is 2. The molecule has 0 bridgehead atoms. The van der Waals surface area contributed by atoms with Gasteiger partial charge in [-0.25, -0.2) is 0 Å². The molecular formula is C43H29F2IrN2O2. The van der Waals surface area contributed by atoms with Gasteiger partial charge in [0.25, 0.3) is 0 Å². The van der Waals surface area contributed by atoms with Gasteiger partial charge in [-0.1, -0.05) is 91.9 Å². The summed E-state index contributed by atoms with van der Waals surface area (Å²) in [5.74, 6) is -0.951. The van der Waals surface area contributed by atoms with Gasteiger partial charge in [-0.05, 0) is 58.1 Å². The summed E-state index contributed by atoms with van der Waals surface area (Å²) in [6.07, 6.45) is 1.06. The van der Waals surface area contributed by atoms with Crippen LogP contribution >= 0.6 is 0 Å². The van der Waals surface area contributed by atoms with E-state index in [9.17, 15) is 18.7 Å². The summed E-state index contributed by atoms with van der Waals surface area (Å²) < 4.78 is 26.2. The van der Waals surface area contributed by atoms with Crippen LogP contribution in [-0.4, -0.2) is 15.8 Å². The van der Waals surface area contributed by atoms with Gasteiger partial charge in [-0.3, -0.25) is 23.5 Å². The maximum atomic E-state index is 13.1. The molecule has 0 amide bonds. The van der Waals surface area contributed by atoms with Crippen molar-refractivity contribution >= 4 is 49.1 Å². The SMILES string of the molecule is CC(=O)/C=C(/C)[O-].Fc1c[c-]c(-c2nc3ccccc3c3ccccc23)cc1.Fc1c[c-]c(-c2nc3ccccc3c3ccccc23)cc1.[Ir+3]. The van der Waals surface area contributed by atoms with E-state index >= 15 is 0 Å². The zero-order valence-electron chi connectivity index (χ0n) is 27.1. The number of benzene rings is 6. The molecule has 0 saturated carbocycles. The van der Waals surface area contributed by atoms with E-state index in [1.54, 1.807) is 12.1 Å². The molecule has 246 valence electrons. The van der Waals surface area contributed by atoms with Gasteiger partial charge in [0, 0.05) is 22.4 Å². The van der Waals surface area contributed by atoms with E-state index in [4.69, 9.17) is 9.97 Å². The molecule has 0 aliphatic heterocycles. The van der Waals surface area contributed by atoms with Crippen molar-refractivity contribution in [2.75, 3.05) is 0 Å². The molecule has 0 fully saturated rings. The number of pyridine rings is 2. The van der Waals surface area contributed by atoms with Crippen LogP contribution in [-0.2, 0) is 24.9 Å². The third-order valence-electron chi connectivity index (χ3n) is 7.68. The van der Waals surface area contributed by atoms with Gasteiger partial charge in [0.1, 0.15) is 0 Å². The monoisotopic (exact) mass is 836 g/mol. The third-order valence-corrected chi connectivity index (χ3v) is 7.68. The number of hydrogen-bond acceptors (Lipinski definition) is 4. The molecule has 0 atom stereocenters. The maximum absolute atomic E-state index is 13.1. The Kier molecular flexibility index (Phi) is 11.6. The number of carbonyl (C=O) groups excluding carboxylic acids is 1. The third kappa shape index (κ3) is 8.15. The van der Waals surface area contributed by atoms with Gasteiger partial charge in [-0.2, -0.15) is 0 Å². The molecule has 0 unspecified atom stereocenters. The number of nitrogens with zero attached hydrogens (tertiary/aromatic N) is 2. The van der Waals surface area contributed by atoms with Crippen LogP contribution in [0.5, 0.6) is 0 Å². The Balaban J connectivity index is 0.000000162. The Morgan fingerprint density at radius 1 is 0.560 bits per heavy atom. The van der Waals surface area contributed by atoms with Gasteiger partial charge in [0.15, 0.2) is 5.78 Å². The Labute approximate surface area is 302 Å². The number of ketones is 1. The van der Waals surface area contributed by atoms with Gasteiger partial charge in [0.05, 0.1) is 11.0 Å². The van der Waals surface area contributed by atoms with Crippen LogP contribution in [0.2, 0.25) is 0 Å².